The van der Waals surface area contributed by atoms with Crippen LogP contribution in [0.4, 0.5) is 10.2 Å². The molecule has 0 spiro atoms. The molecule has 1 fully saturated rings. The number of Topliss-reactive ketones (excluding diaryl/α,β-unsaturated/α-hetero) is 1. The average Bonchev–Trinajstić information content (AvgIpc) is 3.17. The number of aromatic nitrogens is 3. The number of carbonyl (C=O) groups excluding carboxylic acids is 3. The molecule has 9 nitrogen and oxygen atoms in total. The Bertz CT molecular complexity index is 1380. The minimum Gasteiger partial charge on any atom is -0.366 e. The van der Waals surface area contributed by atoms with Crippen molar-refractivity contribution in [3.63, 3.8) is 0 Å². The molecule has 0 aliphatic carbocycles. The van der Waals surface area contributed by atoms with Gasteiger partial charge < -0.3 is 20.5 Å². The molecule has 10 heteroatoms. The highest BCUT2D eigenvalue weighted by Gasteiger charge is 2.43. The Hall–Kier alpha value is -4.08. The molecule has 1 unspecified atom stereocenters. The summed E-state index contributed by atoms with van der Waals surface area (Å²) < 4.78 is 15.3. The average molecular weight is 507 g/mol. The second-order valence-electron chi connectivity index (χ2n) is 10.5. The standard InChI is InChI=1S/C27H31FN6O3/c1-16-12-18(6-7-20(16)28)33-13-19(24(29)36)17(2)22(33)23(35)25(37)32-27(5)9-11-34(26(3,4)14-27)21-8-10-30-15-31-21/h6-8,10,12-13,15H,9,11,14H2,1-5H3,(H2,29,36)(H,32,37). The lowest BCUT2D eigenvalue weighted by atomic mass is 9.77. The highest BCUT2D eigenvalue weighted by molar-refractivity contribution is 6.43. The van der Waals surface area contributed by atoms with Gasteiger partial charge in [-0.3, -0.25) is 14.4 Å². The fourth-order valence-electron chi connectivity index (χ4n) is 5.32. The largest absolute Gasteiger partial charge is 0.366 e. The maximum atomic E-state index is 13.9. The third-order valence-corrected chi connectivity index (χ3v) is 7.06. The number of aryl methyl sites for hydroxylation is 1. The summed E-state index contributed by atoms with van der Waals surface area (Å²) in [4.78, 5) is 49.4. The molecule has 1 aromatic carbocycles. The number of piperidine rings is 1. The normalized spacial score (nSPS) is 18.9. The lowest BCUT2D eigenvalue weighted by Gasteiger charge is -2.50. The summed E-state index contributed by atoms with van der Waals surface area (Å²) >= 11 is 0. The van der Waals surface area contributed by atoms with E-state index in [2.05, 4.69) is 34.0 Å². The van der Waals surface area contributed by atoms with E-state index < -0.39 is 29.0 Å². The van der Waals surface area contributed by atoms with Gasteiger partial charge in [0.05, 0.1) is 5.56 Å². The van der Waals surface area contributed by atoms with Crippen LogP contribution in [0.3, 0.4) is 0 Å². The molecular weight excluding hydrogens is 475 g/mol. The summed E-state index contributed by atoms with van der Waals surface area (Å²) in [5, 5.41) is 2.95. The number of nitrogens with zero attached hydrogens (tertiary/aromatic N) is 4. The number of anilines is 1. The van der Waals surface area contributed by atoms with Crippen LogP contribution in [0.15, 0.2) is 43.0 Å². The zero-order chi connectivity index (χ0) is 27.1. The molecule has 2 amide bonds. The van der Waals surface area contributed by atoms with E-state index in [1.54, 1.807) is 26.1 Å². The number of ketones is 1. The van der Waals surface area contributed by atoms with Gasteiger partial charge in [0.2, 0.25) is 0 Å². The molecule has 3 aromatic rings. The number of halogens is 1. The summed E-state index contributed by atoms with van der Waals surface area (Å²) in [5.41, 5.74) is 5.72. The van der Waals surface area contributed by atoms with Gasteiger partial charge in [-0.1, -0.05) is 0 Å². The summed E-state index contributed by atoms with van der Waals surface area (Å²) in [7, 11) is 0. The van der Waals surface area contributed by atoms with Gasteiger partial charge in [-0.15, -0.1) is 0 Å². The summed E-state index contributed by atoms with van der Waals surface area (Å²) in [6.45, 7) is 9.82. The van der Waals surface area contributed by atoms with E-state index in [1.165, 1.54) is 29.2 Å². The number of rotatable bonds is 6. The molecule has 0 saturated carbocycles. The maximum absolute atomic E-state index is 13.9. The third-order valence-electron chi connectivity index (χ3n) is 7.06. The molecule has 3 N–H and O–H groups in total. The maximum Gasteiger partial charge on any atom is 0.294 e. The van der Waals surface area contributed by atoms with Gasteiger partial charge in [0.15, 0.2) is 0 Å². The smallest absolute Gasteiger partial charge is 0.294 e. The van der Waals surface area contributed by atoms with Crippen LogP contribution >= 0.6 is 0 Å². The van der Waals surface area contributed by atoms with E-state index in [0.717, 1.165) is 5.82 Å². The first-order valence-corrected chi connectivity index (χ1v) is 12.0. The summed E-state index contributed by atoms with van der Waals surface area (Å²) in [5.74, 6) is -1.92. The molecule has 1 aliphatic rings. The van der Waals surface area contributed by atoms with E-state index in [9.17, 15) is 18.8 Å². The molecule has 4 rings (SSSR count). The highest BCUT2D eigenvalue weighted by atomic mass is 19.1. The number of amides is 2. The van der Waals surface area contributed by atoms with Crippen LogP contribution in [0.1, 0.15) is 65.6 Å². The molecule has 0 radical (unpaired) electrons. The van der Waals surface area contributed by atoms with Crippen molar-refractivity contribution in [3.05, 3.63) is 71.2 Å². The summed E-state index contributed by atoms with van der Waals surface area (Å²) in [6.07, 6.45) is 5.75. The minimum atomic E-state index is -0.802. The van der Waals surface area contributed by atoms with E-state index in [0.29, 0.717) is 36.2 Å². The van der Waals surface area contributed by atoms with Crippen LogP contribution in [0, 0.1) is 19.7 Å². The van der Waals surface area contributed by atoms with Crippen molar-refractivity contribution in [1.29, 1.82) is 0 Å². The quantitative estimate of drug-likeness (QED) is 0.391. The molecule has 1 aliphatic heterocycles. The molecule has 3 heterocycles. The third kappa shape index (κ3) is 4.96. The topological polar surface area (TPSA) is 123 Å². The fourth-order valence-corrected chi connectivity index (χ4v) is 5.32. The number of nitrogens with one attached hydrogen (secondary N) is 1. The number of carbonyl (C=O) groups is 3. The Morgan fingerprint density at radius 1 is 1.14 bits per heavy atom. The van der Waals surface area contributed by atoms with Gasteiger partial charge in [-0.05, 0) is 82.9 Å². The van der Waals surface area contributed by atoms with Gasteiger partial charge >= 0.3 is 0 Å². The molecule has 37 heavy (non-hydrogen) atoms. The van der Waals surface area contributed by atoms with E-state index in [1.807, 2.05) is 13.0 Å². The van der Waals surface area contributed by atoms with Crippen LogP contribution in [0.5, 0.6) is 0 Å². The number of benzene rings is 1. The fraction of sp³-hybridized carbons (Fsp3) is 0.370. The number of hydrogen-bond donors (Lipinski definition) is 2. The number of hydrogen-bond acceptors (Lipinski definition) is 6. The highest BCUT2D eigenvalue weighted by Crippen LogP contribution is 2.36. The molecule has 1 saturated heterocycles. The molecule has 2 aromatic heterocycles. The van der Waals surface area contributed by atoms with Gasteiger partial charge in [-0.2, -0.15) is 0 Å². The minimum absolute atomic E-state index is 0.0126. The number of primary amides is 1. The second kappa shape index (κ2) is 9.42. The van der Waals surface area contributed by atoms with E-state index >= 15 is 0 Å². The van der Waals surface area contributed by atoms with Gasteiger partial charge in [0, 0.05) is 35.7 Å². The lowest BCUT2D eigenvalue weighted by molar-refractivity contribution is -0.119. The Kier molecular flexibility index (Phi) is 6.62. The van der Waals surface area contributed by atoms with Crippen LogP contribution < -0.4 is 16.0 Å². The van der Waals surface area contributed by atoms with Crippen LogP contribution in [-0.2, 0) is 4.79 Å². The van der Waals surface area contributed by atoms with Crippen LogP contribution in [0.2, 0.25) is 0 Å². The molecule has 194 valence electrons. The Labute approximate surface area is 214 Å². The Morgan fingerprint density at radius 3 is 2.46 bits per heavy atom. The lowest BCUT2D eigenvalue weighted by Crippen LogP contribution is -2.62. The second-order valence-corrected chi connectivity index (χ2v) is 10.5. The zero-order valence-electron chi connectivity index (χ0n) is 21.6. The van der Waals surface area contributed by atoms with Crippen molar-refractivity contribution in [3.8, 4) is 5.69 Å². The van der Waals surface area contributed by atoms with Crippen molar-refractivity contribution in [2.75, 3.05) is 11.4 Å². The van der Waals surface area contributed by atoms with Crippen molar-refractivity contribution in [1.82, 2.24) is 19.9 Å². The molecular formula is C27H31FN6O3. The van der Waals surface area contributed by atoms with Crippen molar-refractivity contribution >= 4 is 23.4 Å². The van der Waals surface area contributed by atoms with Crippen molar-refractivity contribution < 1.29 is 18.8 Å². The first kappa shape index (κ1) is 26.0. The first-order valence-electron chi connectivity index (χ1n) is 12.0. The van der Waals surface area contributed by atoms with E-state index in [4.69, 9.17) is 5.73 Å². The van der Waals surface area contributed by atoms with Crippen LogP contribution in [-0.4, -0.2) is 49.8 Å². The Morgan fingerprint density at radius 2 is 1.86 bits per heavy atom. The Balaban J connectivity index is 1.62. The monoisotopic (exact) mass is 506 g/mol. The van der Waals surface area contributed by atoms with Gasteiger partial charge in [0.1, 0.15) is 23.7 Å². The van der Waals surface area contributed by atoms with Crippen LogP contribution in [0.25, 0.3) is 5.69 Å². The zero-order valence-corrected chi connectivity index (χ0v) is 21.6. The van der Waals surface area contributed by atoms with Crippen molar-refractivity contribution in [2.24, 2.45) is 5.73 Å². The predicted octanol–water partition coefficient (Wildman–Crippen LogP) is 3.26. The SMILES string of the molecule is Cc1cc(-n2cc(C(N)=O)c(C)c2C(=O)C(=O)NC2(C)CCN(c3ccncn3)C(C)(C)C2)ccc1F. The van der Waals surface area contributed by atoms with Crippen molar-refractivity contribution in [2.45, 2.75) is 58.5 Å². The first-order chi connectivity index (χ1) is 17.3. The van der Waals surface area contributed by atoms with E-state index in [-0.39, 0.29) is 16.8 Å². The predicted molar refractivity (Wildman–Crippen MR) is 137 cm³/mol. The van der Waals surface area contributed by atoms with Gasteiger partial charge in [-0.25, -0.2) is 14.4 Å². The van der Waals surface area contributed by atoms with Gasteiger partial charge in [0.25, 0.3) is 17.6 Å². The molecule has 1 atom stereocenters. The molecule has 0 bridgehead atoms. The number of nitrogens with two attached hydrogens (primary N) is 1. The summed E-state index contributed by atoms with van der Waals surface area (Å²) in [6, 6.07) is 6.14.